The molecular formula is C25H27FN2O4S3. The molecule has 1 aromatic heterocycles. The van der Waals surface area contributed by atoms with Crippen molar-refractivity contribution in [2.45, 2.75) is 21.5 Å². The molecule has 35 heavy (non-hydrogen) atoms. The van der Waals surface area contributed by atoms with Crippen molar-refractivity contribution in [2.24, 2.45) is 0 Å². The van der Waals surface area contributed by atoms with E-state index in [0.29, 0.717) is 31.1 Å². The molecule has 186 valence electrons. The largest absolute Gasteiger partial charge is 0.300 e. The summed E-state index contributed by atoms with van der Waals surface area (Å²) < 4.78 is 67.2. The summed E-state index contributed by atoms with van der Waals surface area (Å²) in [6, 6.07) is 15.9. The Morgan fingerprint density at radius 2 is 1.60 bits per heavy atom. The molecule has 2 heterocycles. The Kier molecular flexibility index (Phi) is 7.87. The van der Waals surface area contributed by atoms with Crippen molar-refractivity contribution in [1.82, 2.24) is 9.21 Å². The van der Waals surface area contributed by atoms with Crippen molar-refractivity contribution in [3.05, 3.63) is 95.0 Å². The maximum Gasteiger partial charge on any atom is 0.225 e. The predicted octanol–water partition coefficient (Wildman–Crippen LogP) is 4.14. The van der Waals surface area contributed by atoms with Gasteiger partial charge < -0.3 is 4.90 Å². The van der Waals surface area contributed by atoms with Gasteiger partial charge in [0, 0.05) is 43.0 Å². The van der Waals surface area contributed by atoms with Crippen molar-refractivity contribution in [1.29, 1.82) is 0 Å². The Hall–Kier alpha value is -2.37. The maximum absolute atomic E-state index is 13.4. The van der Waals surface area contributed by atoms with Gasteiger partial charge in [-0.1, -0.05) is 36.4 Å². The summed E-state index contributed by atoms with van der Waals surface area (Å²) >= 11 is 1.11. The van der Waals surface area contributed by atoms with Crippen molar-refractivity contribution in [3.63, 3.8) is 0 Å². The van der Waals surface area contributed by atoms with E-state index < -0.39 is 25.1 Å². The highest BCUT2D eigenvalue weighted by Gasteiger charge is 2.35. The van der Waals surface area contributed by atoms with Gasteiger partial charge in [-0.3, -0.25) is 0 Å². The van der Waals surface area contributed by atoms with Gasteiger partial charge in [0.1, 0.15) is 11.1 Å². The maximum atomic E-state index is 13.4. The quantitative estimate of drug-likeness (QED) is 0.386. The third-order valence-corrected chi connectivity index (χ3v) is 11.3. The minimum absolute atomic E-state index is 0.0800. The average molecular weight is 535 g/mol. The molecule has 10 heteroatoms. The van der Waals surface area contributed by atoms with Crippen LogP contribution in [0.15, 0.2) is 88.5 Å². The number of benzene rings is 2. The van der Waals surface area contributed by atoms with Crippen LogP contribution in [0.1, 0.15) is 15.7 Å². The van der Waals surface area contributed by atoms with Gasteiger partial charge in [0.15, 0.2) is 0 Å². The molecule has 4 rings (SSSR count). The second kappa shape index (κ2) is 10.7. The predicted molar refractivity (Wildman–Crippen MR) is 136 cm³/mol. The van der Waals surface area contributed by atoms with Crippen molar-refractivity contribution < 1.29 is 21.2 Å². The van der Waals surface area contributed by atoms with Gasteiger partial charge >= 0.3 is 0 Å². The molecule has 1 saturated heterocycles. The standard InChI is InChI=1S/C25H27FN2O4S3/c1-2-25(24-18-23(19-33-24)34(29,30)22-6-4-3-5-7-22)35(31,32)28-16-14-27(15-17-28)13-12-20-8-10-21(26)11-9-20/h2-11,18-19,25H,1,12-17H2. The molecule has 1 aliphatic rings. The third-order valence-electron chi connectivity index (χ3n) is 6.10. The molecule has 0 saturated carbocycles. The van der Waals surface area contributed by atoms with Crippen LogP contribution in [0, 0.1) is 5.82 Å². The van der Waals surface area contributed by atoms with Gasteiger partial charge in [0.2, 0.25) is 19.9 Å². The Balaban J connectivity index is 1.42. The van der Waals surface area contributed by atoms with E-state index >= 15 is 0 Å². The topological polar surface area (TPSA) is 74.8 Å². The number of thiophene rings is 1. The first-order valence-electron chi connectivity index (χ1n) is 11.2. The van der Waals surface area contributed by atoms with Crippen LogP contribution in [-0.4, -0.2) is 58.8 Å². The number of sulfonamides is 1. The molecule has 1 atom stereocenters. The Morgan fingerprint density at radius 3 is 2.23 bits per heavy atom. The molecule has 1 unspecified atom stereocenters. The summed E-state index contributed by atoms with van der Waals surface area (Å²) in [6.07, 6.45) is 2.12. The fourth-order valence-corrected chi connectivity index (χ4v) is 8.72. The van der Waals surface area contributed by atoms with Crippen LogP contribution in [0.4, 0.5) is 4.39 Å². The normalized spacial score (nSPS) is 16.7. The first-order valence-corrected chi connectivity index (χ1v) is 15.1. The molecule has 0 N–H and O–H groups in total. The van der Waals surface area contributed by atoms with E-state index in [9.17, 15) is 21.2 Å². The zero-order valence-electron chi connectivity index (χ0n) is 19.1. The van der Waals surface area contributed by atoms with Crippen molar-refractivity contribution >= 4 is 31.2 Å². The van der Waals surface area contributed by atoms with Gasteiger partial charge in [-0.15, -0.1) is 17.9 Å². The Labute approximate surface area is 210 Å². The van der Waals surface area contributed by atoms with Gasteiger partial charge in [0.25, 0.3) is 0 Å². The number of nitrogens with zero attached hydrogens (tertiary/aromatic N) is 2. The molecule has 2 aromatic carbocycles. The van der Waals surface area contributed by atoms with E-state index in [2.05, 4.69) is 11.5 Å². The van der Waals surface area contributed by atoms with Gasteiger partial charge in [-0.05, 0) is 42.3 Å². The second-order valence-electron chi connectivity index (χ2n) is 8.32. The van der Waals surface area contributed by atoms with E-state index in [-0.39, 0.29) is 15.6 Å². The van der Waals surface area contributed by atoms with Crippen LogP contribution in [0.3, 0.4) is 0 Å². The summed E-state index contributed by atoms with van der Waals surface area (Å²) in [7, 11) is -7.49. The van der Waals surface area contributed by atoms with E-state index in [1.54, 1.807) is 30.3 Å². The SMILES string of the molecule is C=CC(c1cc(S(=O)(=O)c2ccccc2)cs1)S(=O)(=O)N1CCN(CCc2ccc(F)cc2)CC1. The molecular weight excluding hydrogens is 507 g/mol. The Morgan fingerprint density at radius 1 is 0.943 bits per heavy atom. The molecule has 1 fully saturated rings. The lowest BCUT2D eigenvalue weighted by molar-refractivity contribution is 0.189. The highest BCUT2D eigenvalue weighted by atomic mass is 32.2. The summed E-state index contributed by atoms with van der Waals surface area (Å²) in [5, 5.41) is 0.467. The fourth-order valence-electron chi connectivity index (χ4n) is 4.05. The van der Waals surface area contributed by atoms with Gasteiger partial charge in [-0.2, -0.15) is 4.31 Å². The molecule has 0 radical (unpaired) electrons. The zero-order chi connectivity index (χ0) is 25.1. The van der Waals surface area contributed by atoms with Crippen LogP contribution in [0.5, 0.6) is 0 Å². The summed E-state index contributed by atoms with van der Waals surface area (Å²) in [5.41, 5.74) is 1.03. The molecule has 0 amide bonds. The lowest BCUT2D eigenvalue weighted by Gasteiger charge is -2.35. The monoisotopic (exact) mass is 534 g/mol. The van der Waals surface area contributed by atoms with Crippen LogP contribution in [-0.2, 0) is 26.3 Å². The van der Waals surface area contributed by atoms with E-state index in [0.717, 1.165) is 29.9 Å². The van der Waals surface area contributed by atoms with Crippen molar-refractivity contribution in [3.8, 4) is 0 Å². The number of hydrogen-bond donors (Lipinski definition) is 0. The highest BCUT2D eigenvalue weighted by molar-refractivity contribution is 7.91. The first-order chi connectivity index (χ1) is 16.7. The molecule has 0 aliphatic carbocycles. The van der Waals surface area contributed by atoms with E-state index in [1.807, 2.05) is 0 Å². The minimum atomic E-state index is -3.76. The molecule has 0 bridgehead atoms. The lowest BCUT2D eigenvalue weighted by atomic mass is 10.1. The number of halogens is 1. The van der Waals surface area contributed by atoms with Crippen LogP contribution in [0.25, 0.3) is 0 Å². The van der Waals surface area contributed by atoms with Crippen LogP contribution < -0.4 is 0 Å². The summed E-state index contributed by atoms with van der Waals surface area (Å²) in [5.74, 6) is -0.264. The molecule has 0 spiro atoms. The van der Waals surface area contributed by atoms with E-state index in [4.69, 9.17) is 0 Å². The third kappa shape index (κ3) is 5.73. The molecule has 1 aliphatic heterocycles. The smallest absolute Gasteiger partial charge is 0.225 e. The fraction of sp³-hybridized carbons (Fsp3) is 0.280. The van der Waals surface area contributed by atoms with Gasteiger partial charge in [0.05, 0.1) is 9.79 Å². The summed E-state index contributed by atoms with van der Waals surface area (Å²) in [4.78, 5) is 2.86. The average Bonchev–Trinajstić information content (AvgIpc) is 3.35. The lowest BCUT2D eigenvalue weighted by Crippen LogP contribution is -2.49. The number of rotatable bonds is 9. The first kappa shape index (κ1) is 25.7. The Bertz CT molecular complexity index is 1360. The zero-order valence-corrected chi connectivity index (χ0v) is 21.5. The second-order valence-corrected chi connectivity index (χ2v) is 13.3. The minimum Gasteiger partial charge on any atom is -0.300 e. The highest BCUT2D eigenvalue weighted by Crippen LogP contribution is 2.35. The molecule has 3 aromatic rings. The van der Waals surface area contributed by atoms with Crippen molar-refractivity contribution in [2.75, 3.05) is 32.7 Å². The summed E-state index contributed by atoms with van der Waals surface area (Å²) in [6.45, 7) is 6.35. The van der Waals surface area contributed by atoms with Crippen LogP contribution >= 0.6 is 11.3 Å². The van der Waals surface area contributed by atoms with Gasteiger partial charge in [-0.25, -0.2) is 21.2 Å². The number of hydrogen-bond acceptors (Lipinski definition) is 6. The van der Waals surface area contributed by atoms with E-state index in [1.165, 1.54) is 46.1 Å². The number of sulfone groups is 1. The molecule has 6 nitrogen and oxygen atoms in total. The number of piperazine rings is 1. The van der Waals surface area contributed by atoms with Crippen LogP contribution in [0.2, 0.25) is 0 Å².